The summed E-state index contributed by atoms with van der Waals surface area (Å²) in [5.41, 5.74) is 1.84. The second kappa shape index (κ2) is 5.65. The van der Waals surface area contributed by atoms with E-state index in [1.165, 1.54) is 11.3 Å². The van der Waals surface area contributed by atoms with Crippen molar-refractivity contribution in [2.24, 2.45) is 5.92 Å². The number of carbonyl (C=O) groups is 2. The van der Waals surface area contributed by atoms with Gasteiger partial charge in [-0.05, 0) is 12.5 Å². The Morgan fingerprint density at radius 1 is 1.38 bits per heavy atom. The van der Waals surface area contributed by atoms with Gasteiger partial charge in [-0.25, -0.2) is 4.98 Å². The third-order valence-electron chi connectivity index (χ3n) is 3.54. The molecule has 2 atom stereocenters. The highest BCUT2D eigenvalue weighted by atomic mass is 32.1. The number of aromatic nitrogens is 1. The minimum Gasteiger partial charge on any atom is -0.355 e. The zero-order valence-electron chi connectivity index (χ0n) is 11.5. The molecule has 0 spiro atoms. The number of nitrogens with zero attached hydrogens (tertiary/aromatic N) is 1. The molecule has 1 aliphatic rings. The van der Waals surface area contributed by atoms with Gasteiger partial charge in [0.05, 0.1) is 5.69 Å². The monoisotopic (exact) mass is 301 g/mol. The van der Waals surface area contributed by atoms with E-state index in [-0.39, 0.29) is 17.7 Å². The molecular weight excluding hydrogens is 286 g/mol. The fraction of sp³-hybridized carbons (Fsp3) is 0.267. The normalized spacial score (nSPS) is 21.1. The molecule has 1 fully saturated rings. The van der Waals surface area contributed by atoms with E-state index in [4.69, 9.17) is 0 Å². The third-order valence-corrected chi connectivity index (χ3v) is 4.42. The van der Waals surface area contributed by atoms with Gasteiger partial charge < -0.3 is 10.6 Å². The Bertz CT molecular complexity index is 669. The van der Waals surface area contributed by atoms with Gasteiger partial charge in [0.2, 0.25) is 11.8 Å². The van der Waals surface area contributed by atoms with Crippen LogP contribution in [-0.2, 0) is 9.59 Å². The summed E-state index contributed by atoms with van der Waals surface area (Å²) in [6.45, 7) is 2.35. The zero-order chi connectivity index (χ0) is 14.8. The number of nitrogens with one attached hydrogen (secondary N) is 2. The predicted octanol–water partition coefficient (Wildman–Crippen LogP) is 1.92. The maximum atomic E-state index is 12.4. The van der Waals surface area contributed by atoms with Crippen LogP contribution in [0, 0.1) is 12.8 Å². The summed E-state index contributed by atoms with van der Waals surface area (Å²) in [7, 11) is 0. The number of rotatable bonds is 3. The van der Waals surface area contributed by atoms with Gasteiger partial charge in [0.1, 0.15) is 5.92 Å². The smallest absolute Gasteiger partial charge is 0.239 e. The van der Waals surface area contributed by atoms with Gasteiger partial charge in [0.25, 0.3) is 0 Å². The van der Waals surface area contributed by atoms with Crippen molar-refractivity contribution in [3.8, 4) is 0 Å². The molecule has 5 nitrogen and oxygen atoms in total. The predicted molar refractivity (Wildman–Crippen MR) is 81.2 cm³/mol. The van der Waals surface area contributed by atoms with Crippen molar-refractivity contribution in [3.63, 3.8) is 0 Å². The van der Waals surface area contributed by atoms with Crippen LogP contribution >= 0.6 is 11.3 Å². The summed E-state index contributed by atoms with van der Waals surface area (Å²) in [4.78, 5) is 28.6. The lowest BCUT2D eigenvalue weighted by atomic mass is 9.88. The van der Waals surface area contributed by atoms with Crippen molar-refractivity contribution >= 4 is 28.3 Å². The molecule has 2 heterocycles. The van der Waals surface area contributed by atoms with Crippen molar-refractivity contribution in [1.82, 2.24) is 10.3 Å². The maximum Gasteiger partial charge on any atom is 0.239 e. The standard InChI is InChI=1S/C15H15N3O2S/c1-9-8-21-15(17-9)18-14(20)12-11(7-16-13(12)19)10-5-3-2-4-6-10/h2-6,8,11-12H,7H2,1H3,(H,16,19)(H,17,18,20)/t11-,12+/m0/s1. The highest BCUT2D eigenvalue weighted by molar-refractivity contribution is 7.13. The molecule has 1 aromatic carbocycles. The van der Waals surface area contributed by atoms with Gasteiger partial charge in [-0.3, -0.25) is 9.59 Å². The molecule has 21 heavy (non-hydrogen) atoms. The highest BCUT2D eigenvalue weighted by Gasteiger charge is 2.41. The molecule has 0 unspecified atom stereocenters. The average Bonchev–Trinajstić information content (AvgIpc) is 3.06. The fourth-order valence-electron chi connectivity index (χ4n) is 2.53. The molecule has 6 heteroatoms. The first-order chi connectivity index (χ1) is 10.1. The molecule has 1 aromatic heterocycles. The number of hydrogen-bond donors (Lipinski definition) is 2. The molecule has 3 rings (SSSR count). The second-order valence-electron chi connectivity index (χ2n) is 5.02. The van der Waals surface area contributed by atoms with Crippen molar-refractivity contribution < 1.29 is 9.59 Å². The van der Waals surface area contributed by atoms with Gasteiger partial charge in [0, 0.05) is 17.8 Å². The van der Waals surface area contributed by atoms with E-state index in [1.807, 2.05) is 42.6 Å². The quantitative estimate of drug-likeness (QED) is 0.851. The Hall–Kier alpha value is -2.21. The van der Waals surface area contributed by atoms with E-state index < -0.39 is 5.92 Å². The van der Waals surface area contributed by atoms with Crippen LogP contribution in [0.3, 0.4) is 0 Å². The first-order valence-electron chi connectivity index (χ1n) is 6.71. The molecule has 1 saturated heterocycles. The van der Waals surface area contributed by atoms with E-state index in [0.717, 1.165) is 11.3 Å². The summed E-state index contributed by atoms with van der Waals surface area (Å²) in [6.07, 6.45) is 0. The summed E-state index contributed by atoms with van der Waals surface area (Å²) in [5.74, 6) is -1.38. The molecule has 0 saturated carbocycles. The largest absolute Gasteiger partial charge is 0.355 e. The molecule has 2 aromatic rings. The van der Waals surface area contributed by atoms with Crippen molar-refractivity contribution in [2.45, 2.75) is 12.8 Å². The zero-order valence-corrected chi connectivity index (χ0v) is 12.3. The van der Waals surface area contributed by atoms with Gasteiger partial charge in [-0.2, -0.15) is 0 Å². The summed E-state index contributed by atoms with van der Waals surface area (Å²) in [5, 5.41) is 7.91. The summed E-state index contributed by atoms with van der Waals surface area (Å²) < 4.78 is 0. The number of thiazole rings is 1. The van der Waals surface area contributed by atoms with Crippen LogP contribution in [0.5, 0.6) is 0 Å². The van der Waals surface area contributed by atoms with Crippen LogP contribution in [-0.4, -0.2) is 23.3 Å². The molecule has 1 aliphatic heterocycles. The fourth-order valence-corrected chi connectivity index (χ4v) is 3.22. The van der Waals surface area contributed by atoms with E-state index in [9.17, 15) is 9.59 Å². The van der Waals surface area contributed by atoms with E-state index in [0.29, 0.717) is 11.7 Å². The number of carbonyl (C=O) groups excluding carboxylic acids is 2. The Kier molecular flexibility index (Phi) is 3.70. The van der Waals surface area contributed by atoms with Gasteiger partial charge in [-0.1, -0.05) is 30.3 Å². The summed E-state index contributed by atoms with van der Waals surface area (Å²) in [6, 6.07) is 9.63. The minimum absolute atomic E-state index is 0.139. The average molecular weight is 301 g/mol. The maximum absolute atomic E-state index is 12.4. The number of anilines is 1. The topological polar surface area (TPSA) is 71.1 Å². The number of benzene rings is 1. The summed E-state index contributed by atoms with van der Waals surface area (Å²) >= 11 is 1.36. The Morgan fingerprint density at radius 2 is 2.14 bits per heavy atom. The number of amides is 2. The highest BCUT2D eigenvalue weighted by Crippen LogP contribution is 2.30. The van der Waals surface area contributed by atoms with Crippen LogP contribution in [0.25, 0.3) is 0 Å². The Morgan fingerprint density at radius 3 is 2.81 bits per heavy atom. The van der Waals surface area contributed by atoms with E-state index in [1.54, 1.807) is 0 Å². The molecule has 2 N–H and O–H groups in total. The van der Waals surface area contributed by atoms with Gasteiger partial charge in [0.15, 0.2) is 5.13 Å². The van der Waals surface area contributed by atoms with Crippen LogP contribution < -0.4 is 10.6 Å². The molecule has 2 amide bonds. The molecule has 108 valence electrons. The molecule has 0 aliphatic carbocycles. The first-order valence-corrected chi connectivity index (χ1v) is 7.59. The van der Waals surface area contributed by atoms with Crippen molar-refractivity contribution in [1.29, 1.82) is 0 Å². The SMILES string of the molecule is Cc1csc(NC(=O)[C@H]2C(=O)NC[C@H]2c2ccccc2)n1. The van der Waals surface area contributed by atoms with E-state index in [2.05, 4.69) is 15.6 Å². The minimum atomic E-state index is -0.711. The lowest BCUT2D eigenvalue weighted by Crippen LogP contribution is -2.32. The lowest BCUT2D eigenvalue weighted by Gasteiger charge is -2.16. The number of hydrogen-bond acceptors (Lipinski definition) is 4. The van der Waals surface area contributed by atoms with Crippen LogP contribution in [0.1, 0.15) is 17.2 Å². The van der Waals surface area contributed by atoms with Crippen molar-refractivity contribution in [2.75, 3.05) is 11.9 Å². The first kappa shape index (κ1) is 13.8. The Labute approximate surface area is 126 Å². The number of aryl methyl sites for hydroxylation is 1. The lowest BCUT2D eigenvalue weighted by molar-refractivity contribution is -0.130. The third kappa shape index (κ3) is 2.80. The molecule has 0 radical (unpaired) electrons. The van der Waals surface area contributed by atoms with Crippen LogP contribution in [0.15, 0.2) is 35.7 Å². The van der Waals surface area contributed by atoms with Crippen LogP contribution in [0.4, 0.5) is 5.13 Å². The van der Waals surface area contributed by atoms with E-state index >= 15 is 0 Å². The Balaban J connectivity index is 1.81. The second-order valence-corrected chi connectivity index (χ2v) is 5.88. The van der Waals surface area contributed by atoms with Crippen LogP contribution in [0.2, 0.25) is 0 Å². The van der Waals surface area contributed by atoms with Gasteiger partial charge >= 0.3 is 0 Å². The van der Waals surface area contributed by atoms with Gasteiger partial charge in [-0.15, -0.1) is 11.3 Å². The van der Waals surface area contributed by atoms with Crippen molar-refractivity contribution in [3.05, 3.63) is 47.0 Å². The molecule has 0 bridgehead atoms. The molecular formula is C15H15N3O2S.